The molecule has 0 bridgehead atoms. The fourth-order valence-corrected chi connectivity index (χ4v) is 2.07. The molecule has 0 radical (unpaired) electrons. The molecule has 0 aliphatic carbocycles. The number of hydrogen-bond donors (Lipinski definition) is 2. The molecule has 2 rings (SSSR count). The molecule has 0 aromatic heterocycles. The molecule has 4 nitrogen and oxygen atoms in total. The Morgan fingerprint density at radius 1 is 1.20 bits per heavy atom. The van der Waals surface area contributed by atoms with E-state index in [1.807, 2.05) is 11.8 Å². The molecule has 2 aromatic rings. The van der Waals surface area contributed by atoms with Crippen LogP contribution in [0, 0.1) is 5.82 Å². The monoisotopic (exact) mass is 273 g/mol. The van der Waals surface area contributed by atoms with Gasteiger partial charge in [0, 0.05) is 17.8 Å². The van der Waals surface area contributed by atoms with Crippen molar-refractivity contribution in [2.45, 2.75) is 6.92 Å². The van der Waals surface area contributed by atoms with E-state index in [-0.39, 0.29) is 5.82 Å². The highest BCUT2D eigenvalue weighted by atomic mass is 19.1. The second kappa shape index (κ2) is 5.61. The molecule has 2 aromatic carbocycles. The molecule has 0 heterocycles. The number of amides is 1. The van der Waals surface area contributed by atoms with Gasteiger partial charge in [0.1, 0.15) is 5.82 Å². The van der Waals surface area contributed by atoms with Gasteiger partial charge in [0.2, 0.25) is 5.91 Å². The van der Waals surface area contributed by atoms with Crippen LogP contribution < -0.4 is 16.4 Å². The second-order valence-corrected chi connectivity index (χ2v) is 4.36. The minimum atomic E-state index is -0.520. The lowest BCUT2D eigenvalue weighted by Crippen LogP contribution is -2.18. The van der Waals surface area contributed by atoms with E-state index in [4.69, 9.17) is 11.5 Å². The van der Waals surface area contributed by atoms with E-state index >= 15 is 0 Å². The van der Waals surface area contributed by atoms with Gasteiger partial charge < -0.3 is 16.4 Å². The highest BCUT2D eigenvalue weighted by molar-refractivity contribution is 5.95. The summed E-state index contributed by atoms with van der Waals surface area (Å²) < 4.78 is 13.0. The van der Waals surface area contributed by atoms with Crippen LogP contribution in [-0.2, 0) is 0 Å². The Bertz CT molecular complexity index is 626. The summed E-state index contributed by atoms with van der Waals surface area (Å²) in [5, 5.41) is 0. The zero-order valence-electron chi connectivity index (χ0n) is 11.1. The highest BCUT2D eigenvalue weighted by Gasteiger charge is 2.12. The first-order chi connectivity index (χ1) is 9.52. The van der Waals surface area contributed by atoms with Crippen molar-refractivity contribution in [3.63, 3.8) is 0 Å². The third-order valence-corrected chi connectivity index (χ3v) is 3.06. The van der Waals surface area contributed by atoms with Gasteiger partial charge in [-0.3, -0.25) is 4.79 Å². The number of nitrogens with zero attached hydrogens (tertiary/aromatic N) is 1. The number of primary amides is 1. The topological polar surface area (TPSA) is 72.3 Å². The molecule has 5 heteroatoms. The van der Waals surface area contributed by atoms with Crippen LogP contribution in [-0.4, -0.2) is 12.5 Å². The number of halogens is 1. The number of carbonyl (C=O) groups is 1. The molecule has 4 N–H and O–H groups in total. The van der Waals surface area contributed by atoms with Gasteiger partial charge in [-0.25, -0.2) is 4.39 Å². The van der Waals surface area contributed by atoms with E-state index < -0.39 is 5.91 Å². The number of benzene rings is 2. The zero-order chi connectivity index (χ0) is 14.7. The van der Waals surface area contributed by atoms with E-state index in [0.717, 1.165) is 11.4 Å². The molecule has 0 unspecified atom stereocenters. The molecular weight excluding hydrogens is 257 g/mol. The van der Waals surface area contributed by atoms with Crippen LogP contribution in [0.4, 0.5) is 21.5 Å². The number of anilines is 3. The molecule has 0 spiro atoms. The first kappa shape index (κ1) is 13.9. The zero-order valence-corrected chi connectivity index (χ0v) is 11.1. The third-order valence-electron chi connectivity index (χ3n) is 3.06. The van der Waals surface area contributed by atoms with Crippen LogP contribution in [0.3, 0.4) is 0 Å². The first-order valence-corrected chi connectivity index (χ1v) is 6.25. The largest absolute Gasteiger partial charge is 0.397 e. The highest BCUT2D eigenvalue weighted by Crippen LogP contribution is 2.30. The van der Waals surface area contributed by atoms with Gasteiger partial charge in [-0.1, -0.05) is 0 Å². The lowest BCUT2D eigenvalue weighted by atomic mass is 10.1. The average Bonchev–Trinajstić information content (AvgIpc) is 2.43. The average molecular weight is 273 g/mol. The van der Waals surface area contributed by atoms with Crippen LogP contribution in [0.15, 0.2) is 42.5 Å². The molecule has 104 valence electrons. The molecule has 1 amide bonds. The van der Waals surface area contributed by atoms with Crippen molar-refractivity contribution in [3.8, 4) is 0 Å². The molecule has 0 fully saturated rings. The summed E-state index contributed by atoms with van der Waals surface area (Å²) >= 11 is 0. The van der Waals surface area contributed by atoms with Crippen LogP contribution >= 0.6 is 0 Å². The normalized spacial score (nSPS) is 10.3. The van der Waals surface area contributed by atoms with Crippen LogP contribution in [0.1, 0.15) is 17.3 Å². The molecule has 0 aliphatic rings. The van der Waals surface area contributed by atoms with Crippen LogP contribution in [0.2, 0.25) is 0 Å². The molecule has 0 saturated heterocycles. The molecule has 0 aliphatic heterocycles. The molecule has 0 saturated carbocycles. The Morgan fingerprint density at radius 2 is 1.85 bits per heavy atom. The maximum atomic E-state index is 13.0. The van der Waals surface area contributed by atoms with Crippen LogP contribution in [0.5, 0.6) is 0 Å². The number of rotatable bonds is 4. The lowest BCUT2D eigenvalue weighted by Gasteiger charge is -2.25. The van der Waals surface area contributed by atoms with Crippen molar-refractivity contribution in [3.05, 3.63) is 53.8 Å². The van der Waals surface area contributed by atoms with Crippen molar-refractivity contribution in [1.29, 1.82) is 0 Å². The van der Waals surface area contributed by atoms with Crippen LogP contribution in [0.25, 0.3) is 0 Å². The quantitative estimate of drug-likeness (QED) is 0.841. The summed E-state index contributed by atoms with van der Waals surface area (Å²) in [4.78, 5) is 13.1. The summed E-state index contributed by atoms with van der Waals surface area (Å²) in [6.07, 6.45) is 0. The Morgan fingerprint density at radius 3 is 2.35 bits per heavy atom. The minimum absolute atomic E-state index is 0.290. The standard InChI is InChI=1S/C15H16FN3O/c1-2-19(12-6-4-11(16)5-7-12)14-8-3-10(15(18)20)9-13(14)17/h3-9H,2,17H2,1H3,(H2,18,20). The fourth-order valence-electron chi connectivity index (χ4n) is 2.07. The Balaban J connectivity index is 2.41. The third kappa shape index (κ3) is 2.71. The maximum Gasteiger partial charge on any atom is 0.248 e. The van der Waals surface area contributed by atoms with E-state index in [0.29, 0.717) is 17.8 Å². The van der Waals surface area contributed by atoms with Gasteiger partial charge >= 0.3 is 0 Å². The SMILES string of the molecule is CCN(c1ccc(F)cc1)c1ccc(C(N)=O)cc1N. The number of carbonyl (C=O) groups excluding carboxylic acids is 1. The summed E-state index contributed by atoms with van der Waals surface area (Å²) in [6, 6.07) is 11.1. The minimum Gasteiger partial charge on any atom is -0.397 e. The van der Waals surface area contributed by atoms with Gasteiger partial charge in [0.25, 0.3) is 0 Å². The van der Waals surface area contributed by atoms with Crippen molar-refractivity contribution >= 4 is 23.0 Å². The summed E-state index contributed by atoms with van der Waals surface area (Å²) in [6.45, 7) is 2.62. The van der Waals surface area contributed by atoms with Crippen molar-refractivity contribution < 1.29 is 9.18 Å². The fraction of sp³-hybridized carbons (Fsp3) is 0.133. The number of nitrogens with two attached hydrogens (primary N) is 2. The summed E-state index contributed by atoms with van der Waals surface area (Å²) in [5.74, 6) is -0.810. The first-order valence-electron chi connectivity index (χ1n) is 6.25. The predicted octanol–water partition coefficient (Wildman–Crippen LogP) is 2.66. The smallest absolute Gasteiger partial charge is 0.248 e. The lowest BCUT2D eigenvalue weighted by molar-refractivity contribution is 0.100. The number of nitrogen functional groups attached to an aromatic ring is 1. The van der Waals surface area contributed by atoms with E-state index in [1.54, 1.807) is 30.3 Å². The van der Waals surface area contributed by atoms with Crippen molar-refractivity contribution in [2.75, 3.05) is 17.2 Å². The molecule has 0 atom stereocenters. The Labute approximate surface area is 116 Å². The molecular formula is C15H16FN3O. The summed E-state index contributed by atoms with van der Waals surface area (Å²) in [5.41, 5.74) is 13.6. The van der Waals surface area contributed by atoms with E-state index in [9.17, 15) is 9.18 Å². The van der Waals surface area contributed by atoms with Crippen molar-refractivity contribution in [2.24, 2.45) is 5.73 Å². The second-order valence-electron chi connectivity index (χ2n) is 4.36. The molecule has 20 heavy (non-hydrogen) atoms. The van der Waals surface area contributed by atoms with Crippen molar-refractivity contribution in [1.82, 2.24) is 0 Å². The number of hydrogen-bond acceptors (Lipinski definition) is 3. The van der Waals surface area contributed by atoms with Gasteiger partial charge in [0.05, 0.1) is 11.4 Å². The van der Waals surface area contributed by atoms with Gasteiger partial charge in [-0.2, -0.15) is 0 Å². The Hall–Kier alpha value is -2.56. The maximum absolute atomic E-state index is 13.0. The van der Waals surface area contributed by atoms with E-state index in [2.05, 4.69) is 0 Å². The Kier molecular flexibility index (Phi) is 3.89. The van der Waals surface area contributed by atoms with Gasteiger partial charge in [0.15, 0.2) is 0 Å². The van der Waals surface area contributed by atoms with Gasteiger partial charge in [-0.05, 0) is 49.4 Å². The van der Waals surface area contributed by atoms with Gasteiger partial charge in [-0.15, -0.1) is 0 Å². The predicted molar refractivity (Wildman–Crippen MR) is 78.5 cm³/mol. The van der Waals surface area contributed by atoms with E-state index in [1.165, 1.54) is 12.1 Å². The summed E-state index contributed by atoms with van der Waals surface area (Å²) in [7, 11) is 0.